The first-order chi connectivity index (χ1) is 8.72. The number of piperidine rings is 1. The molecule has 1 aliphatic rings. The molecule has 1 aromatic carbocycles. The molecule has 2 unspecified atom stereocenters. The molecule has 0 amide bonds. The van der Waals surface area contributed by atoms with E-state index >= 15 is 0 Å². The highest BCUT2D eigenvalue weighted by atomic mass is 15.1. The van der Waals surface area contributed by atoms with Crippen LogP contribution < -0.4 is 5.73 Å². The first-order valence-electron chi connectivity index (χ1n) is 6.70. The van der Waals surface area contributed by atoms with Crippen LogP contribution in [-0.4, -0.2) is 24.0 Å². The summed E-state index contributed by atoms with van der Waals surface area (Å²) in [4.78, 5) is 2.47. The van der Waals surface area contributed by atoms with Crippen molar-refractivity contribution in [2.75, 3.05) is 13.1 Å². The summed E-state index contributed by atoms with van der Waals surface area (Å²) in [6, 6.07) is 10.4. The molecule has 0 aliphatic carbocycles. The van der Waals surface area contributed by atoms with Gasteiger partial charge in [-0.25, -0.2) is 0 Å². The number of hydrogen-bond donors (Lipinski definition) is 1. The van der Waals surface area contributed by atoms with E-state index in [1.54, 1.807) is 0 Å². The molecule has 96 valence electrons. The van der Waals surface area contributed by atoms with E-state index in [4.69, 9.17) is 11.0 Å². The molecule has 1 heterocycles. The van der Waals surface area contributed by atoms with E-state index in [2.05, 4.69) is 17.9 Å². The molecule has 1 aliphatic heterocycles. The van der Waals surface area contributed by atoms with Crippen LogP contribution >= 0.6 is 0 Å². The van der Waals surface area contributed by atoms with Crippen molar-refractivity contribution in [1.29, 1.82) is 5.26 Å². The zero-order valence-corrected chi connectivity index (χ0v) is 11.0. The van der Waals surface area contributed by atoms with Crippen molar-refractivity contribution in [3.8, 4) is 6.07 Å². The predicted molar refractivity (Wildman–Crippen MR) is 72.8 cm³/mol. The molecule has 1 fully saturated rings. The maximum atomic E-state index is 8.77. The highest BCUT2D eigenvalue weighted by Gasteiger charge is 2.24. The number of nitriles is 1. The van der Waals surface area contributed by atoms with Crippen LogP contribution in [0.5, 0.6) is 0 Å². The highest BCUT2D eigenvalue weighted by molar-refractivity contribution is 5.31. The molecule has 2 N–H and O–H groups in total. The van der Waals surface area contributed by atoms with Crippen molar-refractivity contribution < 1.29 is 0 Å². The fourth-order valence-electron chi connectivity index (χ4n) is 2.64. The van der Waals surface area contributed by atoms with Gasteiger partial charge in [-0.05, 0) is 36.6 Å². The maximum absolute atomic E-state index is 8.77. The zero-order chi connectivity index (χ0) is 13.0. The second-order valence-electron chi connectivity index (χ2n) is 5.16. The summed E-state index contributed by atoms with van der Waals surface area (Å²) in [5, 5.41) is 8.77. The SMILES string of the molecule is CCC1CN(Cc2ccc(C#N)cc2)CCC1N. The van der Waals surface area contributed by atoms with Crippen LogP contribution in [0.2, 0.25) is 0 Å². The Kier molecular flexibility index (Phi) is 4.35. The molecule has 2 atom stereocenters. The number of benzene rings is 1. The van der Waals surface area contributed by atoms with E-state index in [0.717, 1.165) is 38.0 Å². The van der Waals surface area contributed by atoms with Gasteiger partial charge in [0, 0.05) is 19.1 Å². The fourth-order valence-corrected chi connectivity index (χ4v) is 2.64. The summed E-state index contributed by atoms with van der Waals surface area (Å²) in [6.07, 6.45) is 2.25. The van der Waals surface area contributed by atoms with Crippen LogP contribution in [0, 0.1) is 17.2 Å². The zero-order valence-electron chi connectivity index (χ0n) is 11.0. The van der Waals surface area contributed by atoms with Gasteiger partial charge in [0.05, 0.1) is 11.6 Å². The molecule has 18 heavy (non-hydrogen) atoms. The van der Waals surface area contributed by atoms with Crippen LogP contribution in [0.3, 0.4) is 0 Å². The Hall–Kier alpha value is -1.37. The maximum Gasteiger partial charge on any atom is 0.0991 e. The second-order valence-corrected chi connectivity index (χ2v) is 5.16. The number of nitrogens with two attached hydrogens (primary N) is 1. The molecule has 1 aromatic rings. The van der Waals surface area contributed by atoms with E-state index in [9.17, 15) is 0 Å². The lowest BCUT2D eigenvalue weighted by Crippen LogP contribution is -2.46. The monoisotopic (exact) mass is 243 g/mol. The molecular formula is C15H21N3. The first-order valence-corrected chi connectivity index (χ1v) is 6.70. The van der Waals surface area contributed by atoms with Gasteiger partial charge < -0.3 is 5.73 Å². The molecular weight excluding hydrogens is 222 g/mol. The molecule has 0 aromatic heterocycles. The Balaban J connectivity index is 1.95. The lowest BCUT2D eigenvalue weighted by Gasteiger charge is -2.36. The lowest BCUT2D eigenvalue weighted by atomic mass is 9.90. The minimum Gasteiger partial charge on any atom is -0.327 e. The third-order valence-corrected chi connectivity index (χ3v) is 3.89. The average Bonchev–Trinajstić information content (AvgIpc) is 2.42. The molecule has 3 nitrogen and oxygen atoms in total. The van der Waals surface area contributed by atoms with Crippen LogP contribution in [-0.2, 0) is 6.54 Å². The van der Waals surface area contributed by atoms with Gasteiger partial charge in [-0.1, -0.05) is 25.5 Å². The van der Waals surface area contributed by atoms with Crippen molar-refractivity contribution in [1.82, 2.24) is 4.90 Å². The fraction of sp³-hybridized carbons (Fsp3) is 0.533. The second kappa shape index (κ2) is 5.99. The minimum atomic E-state index is 0.368. The Labute approximate surface area is 109 Å². The van der Waals surface area contributed by atoms with Gasteiger partial charge in [0.1, 0.15) is 0 Å². The summed E-state index contributed by atoms with van der Waals surface area (Å²) < 4.78 is 0. The molecule has 0 saturated carbocycles. The lowest BCUT2D eigenvalue weighted by molar-refractivity contribution is 0.145. The number of nitrogens with zero attached hydrogens (tertiary/aromatic N) is 2. The van der Waals surface area contributed by atoms with Crippen molar-refractivity contribution in [3.05, 3.63) is 35.4 Å². The third-order valence-electron chi connectivity index (χ3n) is 3.89. The summed E-state index contributed by atoms with van der Waals surface area (Å²) >= 11 is 0. The van der Waals surface area contributed by atoms with Crippen molar-refractivity contribution in [3.63, 3.8) is 0 Å². The first kappa shape index (κ1) is 13.1. The summed E-state index contributed by atoms with van der Waals surface area (Å²) in [7, 11) is 0. The number of hydrogen-bond acceptors (Lipinski definition) is 3. The molecule has 0 radical (unpaired) electrons. The standard InChI is InChI=1S/C15H21N3/c1-2-14-11-18(8-7-15(14)17)10-13-5-3-12(9-16)4-6-13/h3-6,14-15H,2,7-8,10-11,17H2,1H3. The molecule has 1 saturated heterocycles. The largest absolute Gasteiger partial charge is 0.327 e. The van der Waals surface area contributed by atoms with Gasteiger partial charge in [-0.3, -0.25) is 4.90 Å². The van der Waals surface area contributed by atoms with Gasteiger partial charge >= 0.3 is 0 Å². The topological polar surface area (TPSA) is 53.0 Å². The summed E-state index contributed by atoms with van der Waals surface area (Å²) in [5.41, 5.74) is 8.13. The van der Waals surface area contributed by atoms with Gasteiger partial charge in [0.25, 0.3) is 0 Å². The highest BCUT2D eigenvalue weighted by Crippen LogP contribution is 2.20. The Morgan fingerprint density at radius 2 is 2.11 bits per heavy atom. The van der Waals surface area contributed by atoms with Crippen molar-refractivity contribution in [2.24, 2.45) is 11.7 Å². The van der Waals surface area contributed by atoms with Gasteiger partial charge in [-0.2, -0.15) is 5.26 Å². The minimum absolute atomic E-state index is 0.368. The van der Waals surface area contributed by atoms with Crippen LogP contribution in [0.25, 0.3) is 0 Å². The number of likely N-dealkylation sites (tertiary alicyclic amines) is 1. The Morgan fingerprint density at radius 1 is 1.39 bits per heavy atom. The smallest absolute Gasteiger partial charge is 0.0991 e. The summed E-state index contributed by atoms with van der Waals surface area (Å²) in [6.45, 7) is 5.36. The van der Waals surface area contributed by atoms with Crippen LogP contribution in [0.1, 0.15) is 30.9 Å². The van der Waals surface area contributed by atoms with E-state index in [-0.39, 0.29) is 0 Å². The molecule has 0 bridgehead atoms. The summed E-state index contributed by atoms with van der Waals surface area (Å²) in [5.74, 6) is 0.622. The molecule has 0 spiro atoms. The normalized spacial score (nSPS) is 24.7. The van der Waals surface area contributed by atoms with E-state index < -0.39 is 0 Å². The van der Waals surface area contributed by atoms with E-state index in [1.807, 2.05) is 24.3 Å². The van der Waals surface area contributed by atoms with Crippen LogP contribution in [0.15, 0.2) is 24.3 Å². The van der Waals surface area contributed by atoms with Crippen molar-refractivity contribution >= 4 is 0 Å². The Morgan fingerprint density at radius 3 is 2.72 bits per heavy atom. The van der Waals surface area contributed by atoms with Gasteiger partial charge in [0.2, 0.25) is 0 Å². The average molecular weight is 243 g/mol. The third kappa shape index (κ3) is 3.10. The predicted octanol–water partition coefficient (Wildman–Crippen LogP) is 2.12. The quantitative estimate of drug-likeness (QED) is 0.884. The Bertz CT molecular complexity index is 418. The van der Waals surface area contributed by atoms with Gasteiger partial charge in [0.15, 0.2) is 0 Å². The van der Waals surface area contributed by atoms with E-state index in [1.165, 1.54) is 5.56 Å². The van der Waals surface area contributed by atoms with Crippen molar-refractivity contribution in [2.45, 2.75) is 32.4 Å². The number of rotatable bonds is 3. The van der Waals surface area contributed by atoms with Gasteiger partial charge in [-0.15, -0.1) is 0 Å². The molecule has 3 heteroatoms. The van der Waals surface area contributed by atoms with E-state index in [0.29, 0.717) is 12.0 Å². The molecule has 2 rings (SSSR count). The van der Waals surface area contributed by atoms with Crippen LogP contribution in [0.4, 0.5) is 0 Å².